The lowest BCUT2D eigenvalue weighted by Gasteiger charge is -2.36. The highest BCUT2D eigenvalue weighted by Crippen LogP contribution is 2.24. The Hall–Kier alpha value is -1.66. The summed E-state index contributed by atoms with van der Waals surface area (Å²) in [6, 6.07) is 14.1. The number of aromatic nitrogens is 1. The number of halogens is 1. The molecular formula is C20H25ClN2O3. The van der Waals surface area contributed by atoms with Crippen LogP contribution >= 0.6 is 11.6 Å². The number of benzene rings is 1. The molecule has 0 bridgehead atoms. The largest absolute Gasteiger partial charge is 0.491 e. The van der Waals surface area contributed by atoms with Crippen molar-refractivity contribution in [2.45, 2.75) is 25.5 Å². The fourth-order valence-corrected chi connectivity index (χ4v) is 3.38. The van der Waals surface area contributed by atoms with Gasteiger partial charge in [-0.2, -0.15) is 0 Å². The van der Waals surface area contributed by atoms with E-state index in [0.717, 1.165) is 31.0 Å². The molecule has 2 heterocycles. The van der Waals surface area contributed by atoms with E-state index >= 15 is 0 Å². The minimum absolute atomic E-state index is 0.0263. The lowest BCUT2D eigenvalue weighted by Crippen LogP contribution is -2.44. The molecule has 0 saturated carbocycles. The third-order valence-corrected chi connectivity index (χ3v) is 4.81. The number of aliphatic hydroxyl groups is 1. The molecule has 5 nitrogen and oxygen atoms in total. The Morgan fingerprint density at radius 2 is 2.12 bits per heavy atom. The molecule has 1 aliphatic rings. The summed E-state index contributed by atoms with van der Waals surface area (Å²) in [5, 5.41) is 9.31. The van der Waals surface area contributed by atoms with E-state index in [2.05, 4.69) is 28.9 Å². The molecule has 0 radical (unpaired) electrons. The van der Waals surface area contributed by atoms with Gasteiger partial charge >= 0.3 is 0 Å². The quantitative estimate of drug-likeness (QED) is 0.752. The summed E-state index contributed by atoms with van der Waals surface area (Å²) in [4.78, 5) is 6.83. The molecule has 2 aromatic rings. The molecule has 1 aromatic heterocycles. The van der Waals surface area contributed by atoms with Gasteiger partial charge in [-0.1, -0.05) is 29.8 Å². The molecule has 6 heteroatoms. The van der Waals surface area contributed by atoms with Crippen molar-refractivity contribution < 1.29 is 14.6 Å². The van der Waals surface area contributed by atoms with Gasteiger partial charge in [0.05, 0.1) is 18.9 Å². The first kappa shape index (κ1) is 19.1. The van der Waals surface area contributed by atoms with Crippen molar-refractivity contribution in [3.05, 3.63) is 58.9 Å². The maximum absolute atomic E-state index is 8.81. The van der Waals surface area contributed by atoms with Gasteiger partial charge in [-0.3, -0.25) is 4.90 Å². The van der Waals surface area contributed by atoms with E-state index < -0.39 is 0 Å². The van der Waals surface area contributed by atoms with E-state index in [1.165, 1.54) is 5.56 Å². The van der Waals surface area contributed by atoms with Crippen molar-refractivity contribution in [2.24, 2.45) is 0 Å². The Balaban J connectivity index is 1.58. The fraction of sp³-hybridized carbons (Fsp3) is 0.450. The molecule has 1 aliphatic heterocycles. The van der Waals surface area contributed by atoms with Gasteiger partial charge in [-0.05, 0) is 43.2 Å². The monoisotopic (exact) mass is 376 g/mol. The van der Waals surface area contributed by atoms with Crippen molar-refractivity contribution in [3.8, 4) is 5.75 Å². The van der Waals surface area contributed by atoms with Crippen LogP contribution < -0.4 is 4.74 Å². The minimum atomic E-state index is -0.0424. The van der Waals surface area contributed by atoms with Gasteiger partial charge < -0.3 is 14.6 Å². The molecule has 26 heavy (non-hydrogen) atoms. The summed E-state index contributed by atoms with van der Waals surface area (Å²) in [7, 11) is 0. The molecule has 1 N–H and O–H groups in total. The highest BCUT2D eigenvalue weighted by molar-refractivity contribution is 6.29. The Bertz CT molecular complexity index is 696. The van der Waals surface area contributed by atoms with Crippen LogP contribution in [0, 0.1) is 0 Å². The van der Waals surface area contributed by atoms with Crippen LogP contribution in [0.25, 0.3) is 0 Å². The third-order valence-electron chi connectivity index (χ3n) is 4.60. The Kier molecular flexibility index (Phi) is 6.86. The Morgan fingerprint density at radius 1 is 1.31 bits per heavy atom. The average molecular weight is 377 g/mol. The molecular weight excluding hydrogens is 352 g/mol. The third kappa shape index (κ3) is 5.17. The maximum atomic E-state index is 8.81. The predicted octanol–water partition coefficient (Wildman–Crippen LogP) is 3.11. The molecule has 0 amide bonds. The fourth-order valence-electron chi connectivity index (χ4n) is 3.21. The number of aliphatic hydroxyl groups excluding tert-OH is 1. The second kappa shape index (κ2) is 9.33. The van der Waals surface area contributed by atoms with E-state index in [4.69, 9.17) is 26.2 Å². The van der Waals surface area contributed by atoms with Gasteiger partial charge in [0.1, 0.15) is 23.6 Å². The van der Waals surface area contributed by atoms with Crippen LogP contribution in [-0.4, -0.2) is 53.9 Å². The number of hydrogen-bond donors (Lipinski definition) is 1. The molecule has 1 aromatic carbocycles. The normalized spacial score (nSPS) is 19.3. The summed E-state index contributed by atoms with van der Waals surface area (Å²) in [6.45, 7) is 5.00. The second-order valence-corrected chi connectivity index (χ2v) is 6.90. The van der Waals surface area contributed by atoms with Crippen molar-refractivity contribution in [1.82, 2.24) is 9.88 Å². The molecule has 0 aliphatic carbocycles. The van der Waals surface area contributed by atoms with E-state index in [1.54, 1.807) is 6.07 Å². The molecule has 1 fully saturated rings. The van der Waals surface area contributed by atoms with Crippen molar-refractivity contribution >= 4 is 11.6 Å². The standard InChI is InChI=1S/C20H25ClN2O3/c1-15(13-16-5-7-17(8-6-16)25-12-10-24)23-9-11-26-19(14-23)18-3-2-4-20(21)22-18/h2-8,15,19,24H,9-14H2,1H3. The summed E-state index contributed by atoms with van der Waals surface area (Å²) < 4.78 is 11.3. The summed E-state index contributed by atoms with van der Waals surface area (Å²) >= 11 is 6.01. The van der Waals surface area contributed by atoms with Gasteiger partial charge in [0.15, 0.2) is 0 Å². The highest BCUT2D eigenvalue weighted by atomic mass is 35.5. The molecule has 3 rings (SSSR count). The number of ether oxygens (including phenoxy) is 2. The Labute approximate surface area is 159 Å². The number of morpholine rings is 1. The van der Waals surface area contributed by atoms with Crippen LogP contribution in [0.3, 0.4) is 0 Å². The molecule has 1 saturated heterocycles. The van der Waals surface area contributed by atoms with Gasteiger partial charge in [-0.25, -0.2) is 4.98 Å². The molecule has 2 unspecified atom stereocenters. The van der Waals surface area contributed by atoms with E-state index in [0.29, 0.717) is 24.4 Å². The van der Waals surface area contributed by atoms with Gasteiger partial charge in [0.25, 0.3) is 0 Å². The number of hydrogen-bond acceptors (Lipinski definition) is 5. The van der Waals surface area contributed by atoms with Gasteiger partial charge in [0.2, 0.25) is 0 Å². The first-order chi connectivity index (χ1) is 12.7. The average Bonchev–Trinajstić information content (AvgIpc) is 2.67. The zero-order valence-electron chi connectivity index (χ0n) is 15.0. The zero-order chi connectivity index (χ0) is 18.4. The lowest BCUT2D eigenvalue weighted by atomic mass is 10.0. The maximum Gasteiger partial charge on any atom is 0.129 e. The highest BCUT2D eigenvalue weighted by Gasteiger charge is 2.26. The van der Waals surface area contributed by atoms with E-state index in [1.807, 2.05) is 24.3 Å². The van der Waals surface area contributed by atoms with Crippen LogP contribution in [0.1, 0.15) is 24.3 Å². The smallest absolute Gasteiger partial charge is 0.129 e. The molecule has 140 valence electrons. The first-order valence-electron chi connectivity index (χ1n) is 8.96. The second-order valence-electron chi connectivity index (χ2n) is 6.51. The predicted molar refractivity (Wildman–Crippen MR) is 102 cm³/mol. The topological polar surface area (TPSA) is 54.8 Å². The minimum Gasteiger partial charge on any atom is -0.491 e. The Morgan fingerprint density at radius 3 is 2.85 bits per heavy atom. The van der Waals surface area contributed by atoms with Crippen LogP contribution in [0.15, 0.2) is 42.5 Å². The van der Waals surface area contributed by atoms with Gasteiger partial charge in [0, 0.05) is 19.1 Å². The first-order valence-corrected chi connectivity index (χ1v) is 9.34. The number of nitrogens with zero attached hydrogens (tertiary/aromatic N) is 2. The van der Waals surface area contributed by atoms with Crippen LogP contribution in [0.2, 0.25) is 5.15 Å². The van der Waals surface area contributed by atoms with Crippen molar-refractivity contribution in [3.63, 3.8) is 0 Å². The van der Waals surface area contributed by atoms with Crippen LogP contribution in [0.4, 0.5) is 0 Å². The van der Waals surface area contributed by atoms with E-state index in [9.17, 15) is 0 Å². The van der Waals surface area contributed by atoms with Crippen LogP contribution in [0.5, 0.6) is 5.75 Å². The van der Waals surface area contributed by atoms with Crippen molar-refractivity contribution in [2.75, 3.05) is 32.9 Å². The van der Waals surface area contributed by atoms with Crippen molar-refractivity contribution in [1.29, 1.82) is 0 Å². The SMILES string of the molecule is CC(Cc1ccc(OCCO)cc1)N1CCOC(c2cccc(Cl)n2)C1. The summed E-state index contributed by atoms with van der Waals surface area (Å²) in [5.41, 5.74) is 2.15. The van der Waals surface area contributed by atoms with Crippen LogP contribution in [-0.2, 0) is 11.2 Å². The molecule has 2 atom stereocenters. The zero-order valence-corrected chi connectivity index (χ0v) is 15.7. The van der Waals surface area contributed by atoms with E-state index in [-0.39, 0.29) is 12.7 Å². The summed E-state index contributed by atoms with van der Waals surface area (Å²) in [6.07, 6.45) is 0.912. The molecule has 0 spiro atoms. The number of rotatable bonds is 7. The van der Waals surface area contributed by atoms with Gasteiger partial charge in [-0.15, -0.1) is 0 Å². The number of pyridine rings is 1. The summed E-state index contributed by atoms with van der Waals surface area (Å²) in [5.74, 6) is 0.786. The lowest BCUT2D eigenvalue weighted by molar-refractivity contribution is -0.0444.